The average molecular weight is 274 g/mol. The number of hydrogen-bond acceptors (Lipinski definition) is 5. The maximum absolute atomic E-state index is 11.3. The number of primary amides is 1. The van der Waals surface area contributed by atoms with Crippen LogP contribution in [0.5, 0.6) is 11.6 Å². The van der Waals surface area contributed by atoms with Gasteiger partial charge in [0.2, 0.25) is 5.88 Å². The maximum Gasteiger partial charge on any atom is 0.252 e. The molecule has 0 saturated heterocycles. The van der Waals surface area contributed by atoms with Crippen LogP contribution < -0.4 is 16.2 Å². The van der Waals surface area contributed by atoms with E-state index in [2.05, 4.69) is 10.2 Å². The molecule has 1 aromatic carbocycles. The number of nitrogens with two attached hydrogens (primary N) is 2. The summed E-state index contributed by atoms with van der Waals surface area (Å²) in [6.07, 6.45) is 1.45. The summed E-state index contributed by atoms with van der Waals surface area (Å²) in [4.78, 5) is 11.4. The van der Waals surface area contributed by atoms with Gasteiger partial charge in [-0.3, -0.25) is 4.79 Å². The molecule has 2 aromatic rings. The van der Waals surface area contributed by atoms with Gasteiger partial charge in [0.05, 0.1) is 17.3 Å². The lowest BCUT2D eigenvalue weighted by molar-refractivity contribution is 0.0998. The van der Waals surface area contributed by atoms with Gasteiger partial charge in [-0.1, -0.05) is 24.4 Å². The highest BCUT2D eigenvalue weighted by Crippen LogP contribution is 2.25. The van der Waals surface area contributed by atoms with E-state index in [9.17, 15) is 4.79 Å². The number of amides is 1. The minimum atomic E-state index is -0.601. The summed E-state index contributed by atoms with van der Waals surface area (Å²) in [6, 6.07) is 8.11. The molecule has 0 atom stereocenters. The quantitative estimate of drug-likeness (QED) is 0.806. The van der Waals surface area contributed by atoms with E-state index in [1.165, 1.54) is 6.20 Å². The lowest BCUT2D eigenvalue weighted by Crippen LogP contribution is -2.14. The van der Waals surface area contributed by atoms with Gasteiger partial charge in [-0.2, -0.15) is 5.10 Å². The number of thiocarbonyl (C=S) groups is 1. The van der Waals surface area contributed by atoms with E-state index in [1.54, 1.807) is 30.3 Å². The van der Waals surface area contributed by atoms with Crippen molar-refractivity contribution in [3.63, 3.8) is 0 Å². The number of nitrogens with zero attached hydrogens (tertiary/aromatic N) is 2. The van der Waals surface area contributed by atoms with Gasteiger partial charge in [-0.15, -0.1) is 5.10 Å². The first kappa shape index (κ1) is 12.9. The molecule has 0 saturated carbocycles. The summed E-state index contributed by atoms with van der Waals surface area (Å²) in [7, 11) is 0. The normalized spacial score (nSPS) is 9.89. The van der Waals surface area contributed by atoms with Crippen LogP contribution in [0.3, 0.4) is 0 Å². The Labute approximate surface area is 114 Å². The largest absolute Gasteiger partial charge is 0.436 e. The fourth-order valence-corrected chi connectivity index (χ4v) is 1.60. The molecule has 0 fully saturated rings. The molecule has 4 N–H and O–H groups in total. The average Bonchev–Trinajstić information content (AvgIpc) is 2.39. The van der Waals surface area contributed by atoms with Crippen molar-refractivity contribution in [2.24, 2.45) is 11.5 Å². The minimum Gasteiger partial charge on any atom is -0.436 e. The summed E-state index contributed by atoms with van der Waals surface area (Å²) in [5.41, 5.74) is 11.5. The van der Waals surface area contributed by atoms with E-state index in [0.29, 0.717) is 5.56 Å². The molecule has 96 valence electrons. The number of carbonyl (C=O) groups excluding carboxylic acids is 1. The Morgan fingerprint density at radius 3 is 2.58 bits per heavy atom. The van der Waals surface area contributed by atoms with Crippen LogP contribution in [0.25, 0.3) is 0 Å². The Bertz CT molecular complexity index is 590. The predicted molar refractivity (Wildman–Crippen MR) is 73.0 cm³/mol. The summed E-state index contributed by atoms with van der Waals surface area (Å²) in [6.45, 7) is 0. The molecule has 1 heterocycles. The van der Waals surface area contributed by atoms with E-state index >= 15 is 0 Å². The van der Waals surface area contributed by atoms with E-state index in [4.69, 9.17) is 28.4 Å². The van der Waals surface area contributed by atoms with Gasteiger partial charge < -0.3 is 16.2 Å². The standard InChI is InChI=1S/C12H10N4O2S/c13-10(17)7-3-1-2-4-9(7)18-12-8(11(14)19)5-6-15-16-12/h1-6H,(H2,13,17)(H2,14,19). The van der Waals surface area contributed by atoms with Crippen LogP contribution in [-0.4, -0.2) is 21.1 Å². The number of aromatic nitrogens is 2. The van der Waals surface area contributed by atoms with Crippen molar-refractivity contribution in [1.82, 2.24) is 10.2 Å². The number of hydrogen-bond donors (Lipinski definition) is 2. The molecular formula is C12H10N4O2S. The molecule has 0 aliphatic rings. The SMILES string of the molecule is NC(=O)c1ccccc1Oc1nnccc1C(N)=S. The highest BCUT2D eigenvalue weighted by molar-refractivity contribution is 7.80. The van der Waals surface area contributed by atoms with Crippen LogP contribution in [0.4, 0.5) is 0 Å². The number of benzene rings is 1. The van der Waals surface area contributed by atoms with Crippen LogP contribution in [0.2, 0.25) is 0 Å². The third kappa shape index (κ3) is 2.83. The second kappa shape index (κ2) is 5.40. The van der Waals surface area contributed by atoms with Crippen LogP contribution in [0.15, 0.2) is 36.5 Å². The Hall–Kier alpha value is -2.54. The zero-order chi connectivity index (χ0) is 13.8. The van der Waals surface area contributed by atoms with Crippen LogP contribution in [-0.2, 0) is 0 Å². The lowest BCUT2D eigenvalue weighted by atomic mass is 10.2. The van der Waals surface area contributed by atoms with Crippen molar-refractivity contribution in [3.8, 4) is 11.6 Å². The first-order valence-electron chi connectivity index (χ1n) is 5.28. The Kier molecular flexibility index (Phi) is 3.67. The second-order valence-corrected chi connectivity index (χ2v) is 4.02. The highest BCUT2D eigenvalue weighted by atomic mass is 32.1. The molecule has 0 aliphatic heterocycles. The molecule has 1 aromatic heterocycles. The van der Waals surface area contributed by atoms with Crippen molar-refractivity contribution in [1.29, 1.82) is 0 Å². The van der Waals surface area contributed by atoms with Gasteiger partial charge in [-0.05, 0) is 18.2 Å². The smallest absolute Gasteiger partial charge is 0.252 e. The maximum atomic E-state index is 11.3. The third-order valence-corrected chi connectivity index (χ3v) is 2.53. The Balaban J connectivity index is 2.42. The van der Waals surface area contributed by atoms with E-state index < -0.39 is 5.91 Å². The molecule has 2 rings (SSSR count). The molecule has 0 aliphatic carbocycles. The monoisotopic (exact) mass is 274 g/mol. The zero-order valence-corrected chi connectivity index (χ0v) is 10.6. The molecule has 0 spiro atoms. The van der Waals surface area contributed by atoms with Crippen molar-refractivity contribution in [3.05, 3.63) is 47.7 Å². The van der Waals surface area contributed by atoms with Gasteiger partial charge in [0.25, 0.3) is 5.91 Å². The zero-order valence-electron chi connectivity index (χ0n) is 9.74. The van der Waals surface area contributed by atoms with Crippen LogP contribution >= 0.6 is 12.2 Å². The van der Waals surface area contributed by atoms with Gasteiger partial charge in [-0.25, -0.2) is 0 Å². The van der Waals surface area contributed by atoms with Gasteiger partial charge in [0.1, 0.15) is 10.7 Å². The van der Waals surface area contributed by atoms with E-state index in [1.807, 2.05) is 0 Å². The number of rotatable bonds is 4. The van der Waals surface area contributed by atoms with Gasteiger partial charge in [0, 0.05) is 0 Å². The summed E-state index contributed by atoms with van der Waals surface area (Å²) in [5.74, 6) is -0.201. The predicted octanol–water partition coefficient (Wildman–Crippen LogP) is 1.00. The van der Waals surface area contributed by atoms with Gasteiger partial charge >= 0.3 is 0 Å². The fraction of sp³-hybridized carbons (Fsp3) is 0. The first-order chi connectivity index (χ1) is 9.09. The molecular weight excluding hydrogens is 264 g/mol. The first-order valence-corrected chi connectivity index (χ1v) is 5.68. The molecule has 6 nitrogen and oxygen atoms in total. The number of ether oxygens (including phenoxy) is 1. The fourth-order valence-electron chi connectivity index (χ4n) is 1.45. The van der Waals surface area contributed by atoms with Crippen LogP contribution in [0.1, 0.15) is 15.9 Å². The van der Waals surface area contributed by atoms with Crippen molar-refractivity contribution in [2.75, 3.05) is 0 Å². The second-order valence-electron chi connectivity index (χ2n) is 3.58. The summed E-state index contributed by atoms with van der Waals surface area (Å²) in [5, 5.41) is 7.50. The van der Waals surface area contributed by atoms with Crippen molar-refractivity contribution < 1.29 is 9.53 Å². The highest BCUT2D eigenvalue weighted by Gasteiger charge is 2.13. The van der Waals surface area contributed by atoms with Crippen molar-refractivity contribution in [2.45, 2.75) is 0 Å². The molecule has 0 bridgehead atoms. The van der Waals surface area contributed by atoms with Crippen LogP contribution in [0, 0.1) is 0 Å². The number of para-hydroxylation sites is 1. The lowest BCUT2D eigenvalue weighted by Gasteiger charge is -2.10. The molecule has 0 radical (unpaired) electrons. The van der Waals surface area contributed by atoms with Gasteiger partial charge in [0.15, 0.2) is 0 Å². The molecule has 1 amide bonds. The third-order valence-electron chi connectivity index (χ3n) is 2.31. The topological polar surface area (TPSA) is 104 Å². The number of carbonyl (C=O) groups is 1. The Morgan fingerprint density at radius 1 is 1.16 bits per heavy atom. The molecule has 19 heavy (non-hydrogen) atoms. The van der Waals surface area contributed by atoms with E-state index in [0.717, 1.165) is 0 Å². The summed E-state index contributed by atoms with van der Waals surface area (Å²) < 4.78 is 5.52. The summed E-state index contributed by atoms with van der Waals surface area (Å²) >= 11 is 4.89. The molecule has 0 unspecified atom stereocenters. The Morgan fingerprint density at radius 2 is 1.89 bits per heavy atom. The van der Waals surface area contributed by atoms with E-state index in [-0.39, 0.29) is 22.2 Å². The van der Waals surface area contributed by atoms with Crippen molar-refractivity contribution >= 4 is 23.1 Å². The minimum absolute atomic E-state index is 0.126. The molecule has 7 heteroatoms.